The van der Waals surface area contributed by atoms with Gasteiger partial charge in [-0.3, -0.25) is 23.9 Å². The Kier molecular flexibility index (Phi) is 7.15. The average Bonchev–Trinajstić information content (AvgIpc) is 3.43. The second-order valence-electron chi connectivity index (χ2n) is 8.87. The molecule has 0 saturated heterocycles. The van der Waals surface area contributed by atoms with Gasteiger partial charge in [0.2, 0.25) is 12.7 Å². The predicted octanol–water partition coefficient (Wildman–Crippen LogP) is 3.00. The van der Waals surface area contributed by atoms with Crippen LogP contribution in [0.2, 0.25) is 0 Å². The molecule has 0 radical (unpaired) electrons. The van der Waals surface area contributed by atoms with Gasteiger partial charge in [0.05, 0.1) is 18.8 Å². The zero-order chi connectivity index (χ0) is 27.5. The van der Waals surface area contributed by atoms with Gasteiger partial charge in [-0.25, -0.2) is 9.37 Å². The minimum atomic E-state index is -0.537. The number of halogens is 1. The summed E-state index contributed by atoms with van der Waals surface area (Å²) >= 11 is 0. The number of carbonyl (C=O) groups excluding carboxylic acids is 2. The van der Waals surface area contributed by atoms with Crippen molar-refractivity contribution in [1.29, 1.82) is 0 Å². The van der Waals surface area contributed by atoms with Crippen molar-refractivity contribution in [3.63, 3.8) is 0 Å². The molecular weight excluding hydrogens is 505 g/mol. The van der Waals surface area contributed by atoms with E-state index in [4.69, 9.17) is 9.47 Å². The van der Waals surface area contributed by atoms with Crippen LogP contribution in [0.4, 0.5) is 10.1 Å². The summed E-state index contributed by atoms with van der Waals surface area (Å²) in [6, 6.07) is 11.5. The lowest BCUT2D eigenvalue weighted by molar-refractivity contribution is -0.117. The van der Waals surface area contributed by atoms with Gasteiger partial charge in [0.1, 0.15) is 17.3 Å². The summed E-state index contributed by atoms with van der Waals surface area (Å²) in [5, 5.41) is 5.45. The van der Waals surface area contributed by atoms with E-state index in [1.54, 1.807) is 38.2 Å². The molecule has 2 aromatic carbocycles. The van der Waals surface area contributed by atoms with Crippen LogP contribution in [0.5, 0.6) is 11.5 Å². The SMILES string of the molecule is CNC(C)C(=O)Nc1cnc(-c2ccc3c(c2)OCO3)n(Cc2cncc(C(=O)c3ccc(F)cc3)c2)c1=O. The topological polar surface area (TPSA) is 124 Å². The number of likely N-dealkylation sites (N-methyl/N-ethyl adjacent to an activating group) is 1. The van der Waals surface area contributed by atoms with Crippen LogP contribution in [0, 0.1) is 5.82 Å². The molecule has 0 fully saturated rings. The number of nitrogens with zero attached hydrogens (tertiary/aromatic N) is 3. The van der Waals surface area contributed by atoms with E-state index in [9.17, 15) is 18.8 Å². The fraction of sp³-hybridized carbons (Fsp3) is 0.179. The van der Waals surface area contributed by atoms with Crippen molar-refractivity contribution in [2.75, 3.05) is 19.2 Å². The monoisotopic (exact) mass is 529 g/mol. The molecule has 2 N–H and O–H groups in total. The van der Waals surface area contributed by atoms with Gasteiger partial charge in [0.25, 0.3) is 5.56 Å². The largest absolute Gasteiger partial charge is 0.454 e. The fourth-order valence-electron chi connectivity index (χ4n) is 4.01. The van der Waals surface area contributed by atoms with E-state index in [0.29, 0.717) is 34.0 Å². The average molecular weight is 530 g/mol. The molecule has 1 aliphatic rings. The van der Waals surface area contributed by atoms with E-state index in [1.807, 2.05) is 0 Å². The van der Waals surface area contributed by atoms with Crippen LogP contribution in [-0.2, 0) is 11.3 Å². The molecule has 11 heteroatoms. The van der Waals surface area contributed by atoms with E-state index in [0.717, 1.165) is 0 Å². The molecule has 39 heavy (non-hydrogen) atoms. The Morgan fingerprint density at radius 3 is 2.56 bits per heavy atom. The van der Waals surface area contributed by atoms with Gasteiger partial charge in [0.15, 0.2) is 17.3 Å². The van der Waals surface area contributed by atoms with Crippen LogP contribution in [0.15, 0.2) is 71.9 Å². The van der Waals surface area contributed by atoms with Crippen LogP contribution in [0.1, 0.15) is 28.4 Å². The second-order valence-corrected chi connectivity index (χ2v) is 8.87. The maximum atomic E-state index is 13.6. The first-order valence-corrected chi connectivity index (χ1v) is 12.1. The number of fused-ring (bicyclic) bond motifs is 1. The Morgan fingerprint density at radius 2 is 1.79 bits per heavy atom. The quantitative estimate of drug-likeness (QED) is 0.334. The van der Waals surface area contributed by atoms with Gasteiger partial charge < -0.3 is 20.1 Å². The second kappa shape index (κ2) is 10.8. The summed E-state index contributed by atoms with van der Waals surface area (Å²) in [4.78, 5) is 47.7. The molecule has 0 bridgehead atoms. The number of carbonyl (C=O) groups is 2. The molecule has 5 rings (SSSR count). The Bertz CT molecular complexity index is 1620. The van der Waals surface area contributed by atoms with Crippen molar-refractivity contribution in [3.05, 3.63) is 100.0 Å². The molecule has 1 unspecified atom stereocenters. The predicted molar refractivity (Wildman–Crippen MR) is 140 cm³/mol. The summed E-state index contributed by atoms with van der Waals surface area (Å²) in [7, 11) is 1.64. The molecule has 0 aliphatic carbocycles. The number of anilines is 1. The third-order valence-corrected chi connectivity index (χ3v) is 6.27. The lowest BCUT2D eigenvalue weighted by atomic mass is 10.0. The van der Waals surface area contributed by atoms with E-state index in [1.165, 1.54) is 47.4 Å². The number of nitrogens with one attached hydrogen (secondary N) is 2. The fourth-order valence-corrected chi connectivity index (χ4v) is 4.01. The normalized spacial score (nSPS) is 12.7. The first-order chi connectivity index (χ1) is 18.8. The molecular formula is C28H24FN5O5. The lowest BCUT2D eigenvalue weighted by Crippen LogP contribution is -2.38. The minimum Gasteiger partial charge on any atom is -0.454 e. The van der Waals surface area contributed by atoms with Gasteiger partial charge in [-0.05, 0) is 68.1 Å². The van der Waals surface area contributed by atoms with Crippen molar-refractivity contribution in [3.8, 4) is 22.9 Å². The maximum Gasteiger partial charge on any atom is 0.277 e. The first-order valence-electron chi connectivity index (χ1n) is 12.1. The van der Waals surface area contributed by atoms with Crippen LogP contribution in [0.3, 0.4) is 0 Å². The molecule has 1 aliphatic heterocycles. The van der Waals surface area contributed by atoms with E-state index < -0.39 is 23.3 Å². The van der Waals surface area contributed by atoms with Crippen LogP contribution < -0.4 is 25.7 Å². The number of ether oxygens (including phenoxy) is 2. The van der Waals surface area contributed by atoms with Gasteiger partial charge in [-0.2, -0.15) is 0 Å². The Balaban J connectivity index is 1.54. The number of rotatable bonds is 8. The Morgan fingerprint density at radius 1 is 1.03 bits per heavy atom. The molecule has 4 aromatic rings. The zero-order valence-electron chi connectivity index (χ0n) is 21.1. The van der Waals surface area contributed by atoms with E-state index in [-0.39, 0.29) is 30.4 Å². The highest BCUT2D eigenvalue weighted by atomic mass is 19.1. The number of pyridine rings is 1. The molecule has 1 atom stereocenters. The molecule has 10 nitrogen and oxygen atoms in total. The van der Waals surface area contributed by atoms with E-state index in [2.05, 4.69) is 20.6 Å². The van der Waals surface area contributed by atoms with Gasteiger partial charge in [-0.1, -0.05) is 0 Å². The van der Waals surface area contributed by atoms with Crippen LogP contribution in [0.25, 0.3) is 11.4 Å². The highest BCUT2D eigenvalue weighted by Gasteiger charge is 2.20. The highest BCUT2D eigenvalue weighted by Crippen LogP contribution is 2.35. The molecule has 0 spiro atoms. The number of amides is 1. The third kappa shape index (κ3) is 5.39. The number of aromatic nitrogens is 3. The van der Waals surface area contributed by atoms with E-state index >= 15 is 0 Å². The molecule has 1 amide bonds. The summed E-state index contributed by atoms with van der Waals surface area (Å²) < 4.78 is 25.6. The maximum absolute atomic E-state index is 13.6. The number of hydrogen-bond acceptors (Lipinski definition) is 8. The minimum absolute atomic E-state index is 0.00155. The smallest absolute Gasteiger partial charge is 0.277 e. The summed E-state index contributed by atoms with van der Waals surface area (Å²) in [6.45, 7) is 1.75. The molecule has 3 heterocycles. The number of benzene rings is 2. The van der Waals surface area contributed by atoms with Crippen molar-refractivity contribution in [2.45, 2.75) is 19.5 Å². The molecule has 198 valence electrons. The summed E-state index contributed by atoms with van der Waals surface area (Å²) in [5.74, 6) is 0.224. The van der Waals surface area contributed by atoms with Crippen LogP contribution in [-0.4, -0.2) is 46.1 Å². The van der Waals surface area contributed by atoms with Gasteiger partial charge >= 0.3 is 0 Å². The van der Waals surface area contributed by atoms with Crippen molar-refractivity contribution < 1.29 is 23.5 Å². The van der Waals surface area contributed by atoms with Crippen molar-refractivity contribution >= 4 is 17.4 Å². The Hall–Kier alpha value is -4.90. The van der Waals surface area contributed by atoms with Gasteiger partial charge in [0, 0.05) is 29.1 Å². The summed E-state index contributed by atoms with van der Waals surface area (Å²) in [5.41, 5.74) is 1.21. The molecule has 2 aromatic heterocycles. The lowest BCUT2D eigenvalue weighted by Gasteiger charge is -2.16. The Labute approximate surface area is 222 Å². The summed E-state index contributed by atoms with van der Waals surface area (Å²) in [6.07, 6.45) is 4.25. The van der Waals surface area contributed by atoms with Crippen molar-refractivity contribution in [1.82, 2.24) is 19.9 Å². The number of hydrogen-bond donors (Lipinski definition) is 2. The number of ketones is 1. The standard InChI is InChI=1S/C28H24FN5O5/c1-16(30-2)27(36)33-22-13-32-26(19-5-8-23-24(10-19)39-15-38-23)34(28(22)37)14-17-9-20(12-31-11-17)25(35)18-3-6-21(29)7-4-18/h3-13,16,30H,14-15H2,1-2H3,(H,33,36). The van der Waals surface area contributed by atoms with Crippen LogP contribution >= 0.6 is 0 Å². The van der Waals surface area contributed by atoms with Crippen molar-refractivity contribution in [2.24, 2.45) is 0 Å². The first kappa shape index (κ1) is 25.7. The van der Waals surface area contributed by atoms with Gasteiger partial charge in [-0.15, -0.1) is 0 Å². The third-order valence-electron chi connectivity index (χ3n) is 6.27. The highest BCUT2D eigenvalue weighted by molar-refractivity contribution is 6.08. The zero-order valence-corrected chi connectivity index (χ0v) is 21.1. The molecule has 0 saturated carbocycles.